The van der Waals surface area contributed by atoms with Crippen LogP contribution in [0.3, 0.4) is 0 Å². The highest BCUT2D eigenvalue weighted by Crippen LogP contribution is 2.52. The quantitative estimate of drug-likeness (QED) is 0.142. The maximum Gasteiger partial charge on any atom is 0.346 e. The molecule has 6 N–H and O–H groups in total. The summed E-state index contributed by atoms with van der Waals surface area (Å²) in [7, 11) is 0. The van der Waals surface area contributed by atoms with E-state index in [1.165, 1.54) is 25.7 Å². The van der Waals surface area contributed by atoms with E-state index in [4.69, 9.17) is 9.68 Å². The van der Waals surface area contributed by atoms with Crippen molar-refractivity contribution in [2.45, 2.75) is 279 Å². The molecule has 0 spiro atoms. The van der Waals surface area contributed by atoms with E-state index in [0.29, 0.717) is 51.4 Å². The van der Waals surface area contributed by atoms with E-state index in [1.54, 1.807) is 0 Å². The summed E-state index contributed by atoms with van der Waals surface area (Å²) in [5.41, 5.74) is -4.49. The van der Waals surface area contributed by atoms with Gasteiger partial charge in [0.25, 0.3) is 11.8 Å². The van der Waals surface area contributed by atoms with Crippen molar-refractivity contribution in [3.05, 3.63) is 0 Å². The van der Waals surface area contributed by atoms with Gasteiger partial charge in [-0.05, 0) is 103 Å². The van der Waals surface area contributed by atoms with Gasteiger partial charge >= 0.3 is 11.9 Å². The van der Waals surface area contributed by atoms with Crippen LogP contribution in [-0.2, 0) is 48.0 Å². The smallest absolute Gasteiger partial charge is 0.346 e. The number of carbonyl (C=O) groups is 8. The second kappa shape index (κ2) is 24.2. The zero-order valence-corrected chi connectivity index (χ0v) is 43.8. The van der Waals surface area contributed by atoms with E-state index in [9.17, 15) is 38.4 Å². The minimum atomic E-state index is -1.17. The molecular formula is C56H88N6O11. The normalized spacial score (nSPS) is 28.7. The van der Waals surface area contributed by atoms with Gasteiger partial charge in [0.15, 0.2) is 22.9 Å². The molecule has 0 radical (unpaired) electrons. The average Bonchev–Trinajstić information content (AvgIpc) is 4.23. The van der Waals surface area contributed by atoms with E-state index in [-0.39, 0.29) is 53.3 Å². The van der Waals surface area contributed by atoms with Crippen LogP contribution in [0, 0.1) is 22.7 Å². The van der Waals surface area contributed by atoms with Gasteiger partial charge in [-0.15, -0.1) is 0 Å². The van der Waals surface area contributed by atoms with Crippen LogP contribution in [0.25, 0.3) is 0 Å². The Balaban J connectivity index is 0.000000192. The molecule has 73 heavy (non-hydrogen) atoms. The first-order valence-electron chi connectivity index (χ1n) is 29.3. The number of nitrogens with zero attached hydrogens (tertiary/aromatic N) is 2. The van der Waals surface area contributed by atoms with Crippen LogP contribution in [-0.4, -0.2) is 98.2 Å². The van der Waals surface area contributed by atoms with Crippen LogP contribution in [0.4, 0.5) is 0 Å². The fourth-order valence-electron chi connectivity index (χ4n) is 15.2. The van der Waals surface area contributed by atoms with Gasteiger partial charge in [0.1, 0.15) is 0 Å². The van der Waals surface area contributed by atoms with Crippen molar-refractivity contribution in [1.29, 1.82) is 0 Å². The zero-order chi connectivity index (χ0) is 50.4. The zero-order valence-electron chi connectivity index (χ0n) is 43.8. The molecule has 10 aliphatic rings. The lowest BCUT2D eigenvalue weighted by Crippen LogP contribution is -2.62. The lowest BCUT2D eigenvalue weighted by atomic mass is 9.71. The van der Waals surface area contributed by atoms with Gasteiger partial charge in [0.2, 0.25) is 23.6 Å². The van der Waals surface area contributed by atoms with Crippen molar-refractivity contribution in [3.63, 3.8) is 0 Å². The SMILES string of the molecule is O.O=C1ON(C2(C(=O)NC3CCCCC3)CCCCC2)C(=O)[C@@H]1C1(C(=O)NC2CCCCC2)CCCC1.O=C1ON(C2(C(=O)NC3CCCCC3)CCCCC2)C(=O)[C@@H]1C1(C(=O)NC2CCCCC2)CCCC1. The molecule has 408 valence electrons. The molecule has 10 rings (SSSR count). The fourth-order valence-corrected chi connectivity index (χ4v) is 15.2. The van der Waals surface area contributed by atoms with E-state index in [1.807, 2.05) is 0 Å². The van der Waals surface area contributed by atoms with Gasteiger partial charge in [-0.25, -0.2) is 9.59 Å². The number of carbonyl (C=O) groups excluding carboxylic acids is 8. The lowest BCUT2D eigenvalue weighted by molar-refractivity contribution is -0.208. The molecule has 0 aromatic heterocycles. The van der Waals surface area contributed by atoms with Crippen molar-refractivity contribution in [1.82, 2.24) is 31.4 Å². The number of rotatable bonds is 12. The summed E-state index contributed by atoms with van der Waals surface area (Å²) >= 11 is 0. The van der Waals surface area contributed by atoms with E-state index >= 15 is 0 Å². The molecule has 8 aliphatic carbocycles. The average molecular weight is 1020 g/mol. The Kier molecular flexibility index (Phi) is 18.2. The highest BCUT2D eigenvalue weighted by Gasteiger charge is 2.66. The van der Waals surface area contributed by atoms with Crippen molar-refractivity contribution in [3.8, 4) is 0 Å². The topological polar surface area (TPSA) is 241 Å². The molecular weight excluding hydrogens is 933 g/mol. The Labute approximate surface area is 432 Å². The van der Waals surface area contributed by atoms with E-state index in [0.717, 1.165) is 177 Å². The van der Waals surface area contributed by atoms with Gasteiger partial charge in [0, 0.05) is 24.2 Å². The van der Waals surface area contributed by atoms with Crippen LogP contribution >= 0.6 is 0 Å². The first-order chi connectivity index (χ1) is 34.9. The summed E-state index contributed by atoms with van der Waals surface area (Å²) in [5.74, 6) is -5.34. The Hall–Kier alpha value is -4.28. The first kappa shape index (κ1) is 55.0. The second-order valence-corrected chi connectivity index (χ2v) is 24.1. The maximum absolute atomic E-state index is 14.0. The largest absolute Gasteiger partial charge is 0.412 e. The Morgan fingerprint density at radius 1 is 0.342 bits per heavy atom. The summed E-state index contributed by atoms with van der Waals surface area (Å²) in [6.07, 6.45) is 33.4. The summed E-state index contributed by atoms with van der Waals surface area (Å²) in [6.45, 7) is 0. The molecule has 6 amide bonds. The molecule has 17 nitrogen and oxygen atoms in total. The monoisotopic (exact) mass is 1020 g/mol. The third-order valence-corrected chi connectivity index (χ3v) is 19.5. The van der Waals surface area contributed by atoms with Gasteiger partial charge in [-0.3, -0.25) is 28.8 Å². The van der Waals surface area contributed by atoms with Crippen LogP contribution in [0.5, 0.6) is 0 Å². The third kappa shape index (κ3) is 11.2. The van der Waals surface area contributed by atoms with Crippen LogP contribution in [0.1, 0.15) is 244 Å². The Bertz CT molecular complexity index is 1840. The van der Waals surface area contributed by atoms with Gasteiger partial charge < -0.3 is 36.4 Å². The molecule has 2 heterocycles. The van der Waals surface area contributed by atoms with Crippen molar-refractivity contribution >= 4 is 47.4 Å². The summed E-state index contributed by atoms with van der Waals surface area (Å²) in [6, 6.07) is 0.435. The molecule has 0 aromatic rings. The number of hydrogen-bond donors (Lipinski definition) is 4. The van der Waals surface area contributed by atoms with E-state index < -0.39 is 57.5 Å². The second-order valence-electron chi connectivity index (χ2n) is 24.1. The van der Waals surface area contributed by atoms with Gasteiger partial charge in [-0.2, -0.15) is 10.1 Å². The van der Waals surface area contributed by atoms with Crippen molar-refractivity contribution < 1.29 is 53.5 Å². The third-order valence-electron chi connectivity index (χ3n) is 19.5. The van der Waals surface area contributed by atoms with Crippen LogP contribution < -0.4 is 21.3 Å². The minimum absolute atomic E-state index is 0. The number of hydrogen-bond acceptors (Lipinski definition) is 10. The molecule has 2 atom stereocenters. The molecule has 0 aromatic carbocycles. The van der Waals surface area contributed by atoms with Gasteiger partial charge in [-0.1, -0.05) is 141 Å². The highest BCUT2D eigenvalue weighted by atomic mass is 16.7. The number of hydroxylamine groups is 4. The molecule has 0 bridgehead atoms. The maximum atomic E-state index is 14.0. The molecule has 2 saturated heterocycles. The minimum Gasteiger partial charge on any atom is -0.412 e. The first-order valence-corrected chi connectivity index (χ1v) is 29.3. The van der Waals surface area contributed by atoms with Crippen molar-refractivity contribution in [2.75, 3.05) is 0 Å². The molecule has 8 saturated carbocycles. The van der Waals surface area contributed by atoms with Gasteiger partial charge in [0.05, 0.1) is 10.8 Å². The fraction of sp³-hybridized carbons (Fsp3) is 0.857. The molecule has 17 heteroatoms. The highest BCUT2D eigenvalue weighted by molar-refractivity contribution is 6.10. The summed E-state index contributed by atoms with van der Waals surface area (Å²) < 4.78 is 0. The van der Waals surface area contributed by atoms with E-state index in [2.05, 4.69) is 21.3 Å². The Morgan fingerprint density at radius 2 is 0.575 bits per heavy atom. The van der Waals surface area contributed by atoms with Crippen LogP contribution in [0.15, 0.2) is 0 Å². The lowest BCUT2D eigenvalue weighted by Gasteiger charge is -2.42. The molecule has 0 unspecified atom stereocenters. The van der Waals surface area contributed by atoms with Crippen LogP contribution in [0.2, 0.25) is 0 Å². The summed E-state index contributed by atoms with van der Waals surface area (Å²) in [4.78, 5) is 121. The molecule has 2 aliphatic heterocycles. The molecule has 10 fully saturated rings. The Morgan fingerprint density at radius 3 is 0.849 bits per heavy atom. The predicted molar refractivity (Wildman–Crippen MR) is 270 cm³/mol. The standard InChI is InChI=1S/2C28H43N3O5.H2O/c2*32-23-22(27(16-10-11-17-27)25(34)29-20-12-4-1-5-13-20)24(33)36-31(23)28(18-8-3-9-19-28)26(35)30-21-14-6-2-7-15-21;/h2*20-22H,1-19H2,(H,29,34)(H,30,35);1H2/t2*22-;/m00./s1. The number of nitrogens with one attached hydrogen (secondary N) is 4. The van der Waals surface area contributed by atoms with Crippen molar-refractivity contribution in [2.24, 2.45) is 22.7 Å². The predicted octanol–water partition coefficient (Wildman–Crippen LogP) is 7.30. The number of amides is 6. The summed E-state index contributed by atoms with van der Waals surface area (Å²) in [5, 5.41) is 15.1.